The summed E-state index contributed by atoms with van der Waals surface area (Å²) in [4.78, 5) is 25.6. The monoisotopic (exact) mass is 445 g/mol. The van der Waals surface area contributed by atoms with Crippen LogP contribution in [0.4, 0.5) is 5.69 Å². The molecule has 0 bridgehead atoms. The molecule has 0 aliphatic carbocycles. The summed E-state index contributed by atoms with van der Waals surface area (Å²) < 4.78 is 26.9. The predicted octanol–water partition coefficient (Wildman–Crippen LogP) is 3.42. The van der Waals surface area contributed by atoms with Gasteiger partial charge in [0.25, 0.3) is 5.91 Å². The third-order valence-electron chi connectivity index (χ3n) is 4.99. The van der Waals surface area contributed by atoms with Gasteiger partial charge < -0.3 is 10.6 Å². The van der Waals surface area contributed by atoms with Crippen LogP contribution in [0, 0.1) is 12.8 Å². The van der Waals surface area contributed by atoms with Gasteiger partial charge in [0.05, 0.1) is 4.90 Å². The molecule has 1 atom stereocenters. The molecule has 0 saturated carbocycles. The van der Waals surface area contributed by atoms with E-state index in [1.54, 1.807) is 38.1 Å². The molecule has 2 aromatic rings. The highest BCUT2D eigenvalue weighted by atomic mass is 32.2. The molecule has 2 aromatic carbocycles. The summed E-state index contributed by atoms with van der Waals surface area (Å²) in [5.74, 6) is -0.920. The number of carbonyl (C=O) groups is 2. The summed E-state index contributed by atoms with van der Waals surface area (Å²) in [6, 6.07) is 12.5. The molecule has 0 radical (unpaired) electrons. The van der Waals surface area contributed by atoms with Gasteiger partial charge in [-0.05, 0) is 43.2 Å². The molecule has 0 heterocycles. The maximum Gasteiger partial charge on any atom is 0.251 e. The van der Waals surface area contributed by atoms with Crippen molar-refractivity contribution in [2.24, 2.45) is 5.92 Å². The van der Waals surface area contributed by atoms with Gasteiger partial charge in [-0.25, -0.2) is 8.42 Å². The Kier molecular flexibility index (Phi) is 8.36. The van der Waals surface area contributed by atoms with Crippen molar-refractivity contribution in [1.29, 1.82) is 0 Å². The van der Waals surface area contributed by atoms with Gasteiger partial charge in [-0.3, -0.25) is 9.59 Å². The molecular weight excluding hydrogens is 414 g/mol. The molecule has 1 unspecified atom stereocenters. The molecule has 2 rings (SSSR count). The summed E-state index contributed by atoms with van der Waals surface area (Å²) in [7, 11) is -3.64. The highest BCUT2D eigenvalue weighted by Gasteiger charge is 2.26. The summed E-state index contributed by atoms with van der Waals surface area (Å²) >= 11 is 0. The Bertz CT molecular complexity index is 1010. The van der Waals surface area contributed by atoms with Gasteiger partial charge in [-0.15, -0.1) is 0 Å². The van der Waals surface area contributed by atoms with E-state index in [0.29, 0.717) is 24.3 Å². The predicted molar refractivity (Wildman–Crippen MR) is 122 cm³/mol. The van der Waals surface area contributed by atoms with Crippen LogP contribution >= 0.6 is 0 Å². The molecule has 0 aliphatic heterocycles. The fraction of sp³-hybridized carbons (Fsp3) is 0.391. The number of aryl methyl sites for hydroxylation is 1. The molecule has 0 saturated heterocycles. The van der Waals surface area contributed by atoms with Crippen molar-refractivity contribution in [2.45, 2.75) is 45.6 Å². The van der Waals surface area contributed by atoms with Crippen molar-refractivity contribution in [2.75, 3.05) is 18.4 Å². The number of benzene rings is 2. The summed E-state index contributed by atoms with van der Waals surface area (Å²) in [5, 5.41) is 5.52. The first-order valence-corrected chi connectivity index (χ1v) is 11.8. The van der Waals surface area contributed by atoms with Gasteiger partial charge in [0.1, 0.15) is 6.04 Å². The van der Waals surface area contributed by atoms with Crippen LogP contribution in [0.3, 0.4) is 0 Å². The van der Waals surface area contributed by atoms with Crippen LogP contribution in [-0.2, 0) is 14.8 Å². The summed E-state index contributed by atoms with van der Waals surface area (Å²) in [6.07, 6.45) is 0. The second-order valence-corrected chi connectivity index (χ2v) is 9.61. The van der Waals surface area contributed by atoms with Gasteiger partial charge in [0, 0.05) is 24.3 Å². The quantitative estimate of drug-likeness (QED) is 0.618. The Hall–Kier alpha value is -2.71. The maximum absolute atomic E-state index is 12.9. The van der Waals surface area contributed by atoms with E-state index >= 15 is 0 Å². The lowest BCUT2D eigenvalue weighted by atomic mass is 10.0. The largest absolute Gasteiger partial charge is 0.340 e. The minimum atomic E-state index is -3.64. The van der Waals surface area contributed by atoms with Gasteiger partial charge in [0.2, 0.25) is 15.9 Å². The smallest absolute Gasteiger partial charge is 0.251 e. The van der Waals surface area contributed by atoms with Crippen LogP contribution in [0.15, 0.2) is 53.4 Å². The van der Waals surface area contributed by atoms with Gasteiger partial charge in [-0.2, -0.15) is 4.31 Å². The molecule has 0 spiro atoms. The standard InChI is InChI=1S/C23H31N3O4S/c1-6-26(7-2)31(29,30)20-10-8-9-19(15-20)24-23(28)21(16(3)4)25-22(27)18-13-11-17(5)12-14-18/h8-16,21H,6-7H2,1-5H3,(H,24,28)(H,25,27). The van der Waals surface area contributed by atoms with E-state index < -0.39 is 22.0 Å². The fourth-order valence-corrected chi connectivity index (χ4v) is 4.64. The maximum atomic E-state index is 12.9. The Labute approximate surface area is 184 Å². The molecule has 7 nitrogen and oxygen atoms in total. The zero-order valence-corrected chi connectivity index (χ0v) is 19.5. The van der Waals surface area contributed by atoms with E-state index in [9.17, 15) is 18.0 Å². The number of amides is 2. The summed E-state index contributed by atoms with van der Waals surface area (Å²) in [5.41, 5.74) is 1.86. The van der Waals surface area contributed by atoms with E-state index in [1.807, 2.05) is 32.9 Å². The number of hydrogen-bond donors (Lipinski definition) is 2. The number of hydrogen-bond acceptors (Lipinski definition) is 4. The van der Waals surface area contributed by atoms with Crippen LogP contribution < -0.4 is 10.6 Å². The van der Waals surface area contributed by atoms with E-state index in [-0.39, 0.29) is 16.7 Å². The van der Waals surface area contributed by atoms with Crippen molar-refractivity contribution < 1.29 is 18.0 Å². The second kappa shape index (κ2) is 10.5. The number of anilines is 1. The van der Waals surface area contributed by atoms with Crippen LogP contribution in [0.2, 0.25) is 0 Å². The van der Waals surface area contributed by atoms with Crippen molar-refractivity contribution in [1.82, 2.24) is 9.62 Å². The molecule has 2 N–H and O–H groups in total. The van der Waals surface area contributed by atoms with Gasteiger partial charge in [0.15, 0.2) is 0 Å². The Morgan fingerprint density at radius 3 is 2.16 bits per heavy atom. The summed E-state index contributed by atoms with van der Waals surface area (Å²) in [6.45, 7) is 9.86. The second-order valence-electron chi connectivity index (χ2n) is 7.67. The van der Waals surface area contributed by atoms with E-state index in [1.165, 1.54) is 16.4 Å². The third kappa shape index (κ3) is 6.15. The van der Waals surface area contributed by atoms with Crippen molar-refractivity contribution in [3.63, 3.8) is 0 Å². The zero-order chi connectivity index (χ0) is 23.2. The first-order chi connectivity index (χ1) is 14.6. The topological polar surface area (TPSA) is 95.6 Å². The minimum absolute atomic E-state index is 0.110. The van der Waals surface area contributed by atoms with Crippen LogP contribution in [0.1, 0.15) is 43.6 Å². The highest BCUT2D eigenvalue weighted by molar-refractivity contribution is 7.89. The zero-order valence-electron chi connectivity index (χ0n) is 18.7. The Balaban J connectivity index is 2.19. The number of sulfonamides is 1. The van der Waals surface area contributed by atoms with Crippen LogP contribution in [-0.4, -0.2) is 43.7 Å². The average Bonchev–Trinajstić information content (AvgIpc) is 2.73. The molecule has 2 amide bonds. The lowest BCUT2D eigenvalue weighted by molar-refractivity contribution is -0.118. The fourth-order valence-electron chi connectivity index (χ4n) is 3.13. The Morgan fingerprint density at radius 1 is 1.00 bits per heavy atom. The normalized spacial score (nSPS) is 12.6. The molecule has 0 fully saturated rings. The number of carbonyl (C=O) groups excluding carboxylic acids is 2. The van der Waals surface area contributed by atoms with E-state index in [0.717, 1.165) is 5.56 Å². The van der Waals surface area contributed by atoms with Gasteiger partial charge in [-0.1, -0.05) is 51.5 Å². The van der Waals surface area contributed by atoms with Crippen molar-refractivity contribution in [3.8, 4) is 0 Å². The third-order valence-corrected chi connectivity index (χ3v) is 7.04. The van der Waals surface area contributed by atoms with Crippen molar-refractivity contribution >= 4 is 27.5 Å². The minimum Gasteiger partial charge on any atom is -0.340 e. The highest BCUT2D eigenvalue weighted by Crippen LogP contribution is 2.20. The lowest BCUT2D eigenvalue weighted by Crippen LogP contribution is -2.47. The molecule has 0 aromatic heterocycles. The van der Waals surface area contributed by atoms with Crippen LogP contribution in [0.5, 0.6) is 0 Å². The number of nitrogens with one attached hydrogen (secondary N) is 2. The molecule has 0 aliphatic rings. The van der Waals surface area contributed by atoms with Crippen molar-refractivity contribution in [3.05, 3.63) is 59.7 Å². The van der Waals surface area contributed by atoms with Gasteiger partial charge >= 0.3 is 0 Å². The number of nitrogens with zero attached hydrogens (tertiary/aromatic N) is 1. The average molecular weight is 446 g/mol. The van der Waals surface area contributed by atoms with Crippen LogP contribution in [0.25, 0.3) is 0 Å². The Morgan fingerprint density at radius 2 is 1.61 bits per heavy atom. The lowest BCUT2D eigenvalue weighted by Gasteiger charge is -2.22. The van der Waals surface area contributed by atoms with E-state index in [4.69, 9.17) is 0 Å². The first-order valence-electron chi connectivity index (χ1n) is 10.4. The molecule has 8 heteroatoms. The molecule has 168 valence electrons. The number of rotatable bonds is 9. The SMILES string of the molecule is CCN(CC)S(=O)(=O)c1cccc(NC(=O)C(NC(=O)c2ccc(C)cc2)C(C)C)c1. The first kappa shape index (κ1) is 24.6. The van der Waals surface area contributed by atoms with E-state index in [2.05, 4.69) is 10.6 Å². The molecular formula is C23H31N3O4S. The molecule has 31 heavy (non-hydrogen) atoms.